The fourth-order valence-corrected chi connectivity index (χ4v) is 4.68. The van der Waals surface area contributed by atoms with Gasteiger partial charge in [-0.25, -0.2) is 0 Å². The van der Waals surface area contributed by atoms with Gasteiger partial charge in [0.25, 0.3) is 0 Å². The quantitative estimate of drug-likeness (QED) is 0.355. The molecule has 3 heteroatoms. The molecule has 5 rings (SSSR count). The Morgan fingerprint density at radius 1 is 0.960 bits per heavy atom. The number of nitrogens with zero attached hydrogens (tertiary/aromatic N) is 1. The van der Waals surface area contributed by atoms with Crippen LogP contribution in [0, 0.1) is 11.8 Å². The highest BCUT2D eigenvalue weighted by Crippen LogP contribution is 2.45. The number of benzene rings is 3. The van der Waals surface area contributed by atoms with Gasteiger partial charge < -0.3 is 5.73 Å². The topological polar surface area (TPSA) is 38.4 Å². The number of hydrogen-bond acceptors (Lipinski definition) is 3. The Balaban J connectivity index is 2.03. The molecule has 0 fully saturated rings. The third kappa shape index (κ3) is 2.08. The molecule has 0 unspecified atom stereocenters. The van der Waals surface area contributed by atoms with Gasteiger partial charge in [-0.05, 0) is 16.8 Å². The summed E-state index contributed by atoms with van der Waals surface area (Å²) in [4.78, 5) is 4.34. The second-order valence-corrected chi connectivity index (χ2v) is 7.07. The number of rotatable bonds is 1. The molecule has 1 aliphatic heterocycles. The van der Waals surface area contributed by atoms with Crippen molar-refractivity contribution < 1.29 is 0 Å². The lowest BCUT2D eigenvalue weighted by molar-refractivity contribution is 1.54. The molecule has 4 aromatic rings. The lowest BCUT2D eigenvalue weighted by Crippen LogP contribution is -1.95. The first-order chi connectivity index (χ1) is 12.3. The van der Waals surface area contributed by atoms with E-state index < -0.39 is 0 Å². The van der Waals surface area contributed by atoms with Gasteiger partial charge in [-0.1, -0.05) is 54.3 Å². The SMILES string of the molecule is Nc1c(C2=CN=CCC#C2)c2ccccc2c2c1sc1ccccc12. The molecule has 0 saturated heterocycles. The van der Waals surface area contributed by atoms with E-state index in [0.29, 0.717) is 6.42 Å². The minimum absolute atomic E-state index is 0.670. The zero-order valence-electron chi connectivity index (χ0n) is 13.4. The number of thiophene rings is 1. The monoisotopic (exact) mass is 338 g/mol. The van der Waals surface area contributed by atoms with Crippen LogP contribution in [0.1, 0.15) is 12.0 Å². The molecular formula is C22H14N2S. The molecule has 0 spiro atoms. The minimum atomic E-state index is 0.670. The van der Waals surface area contributed by atoms with E-state index in [0.717, 1.165) is 26.9 Å². The fraction of sp³-hybridized carbons (Fsp3) is 0.0455. The van der Waals surface area contributed by atoms with Crippen LogP contribution in [0.15, 0.2) is 59.7 Å². The first kappa shape index (κ1) is 14.3. The summed E-state index contributed by atoms with van der Waals surface area (Å²) in [5.41, 5.74) is 9.37. The molecule has 3 aromatic carbocycles. The Morgan fingerprint density at radius 2 is 1.72 bits per heavy atom. The summed E-state index contributed by atoms with van der Waals surface area (Å²) in [6, 6.07) is 16.9. The Hall–Kier alpha value is -3.09. The second-order valence-electron chi connectivity index (χ2n) is 6.02. The predicted molar refractivity (Wildman–Crippen MR) is 110 cm³/mol. The first-order valence-corrected chi connectivity index (χ1v) is 8.98. The lowest BCUT2D eigenvalue weighted by atomic mass is 9.93. The van der Waals surface area contributed by atoms with Gasteiger partial charge in [0.1, 0.15) is 0 Å². The molecule has 0 radical (unpaired) electrons. The smallest absolute Gasteiger partial charge is 0.0598 e. The van der Waals surface area contributed by atoms with Crippen molar-refractivity contribution in [1.82, 2.24) is 0 Å². The summed E-state index contributed by atoms with van der Waals surface area (Å²) in [5, 5.41) is 4.85. The van der Waals surface area contributed by atoms with Gasteiger partial charge in [0.15, 0.2) is 0 Å². The minimum Gasteiger partial charge on any atom is -0.397 e. The Labute approximate surface area is 149 Å². The van der Waals surface area contributed by atoms with Crippen molar-refractivity contribution in [1.29, 1.82) is 0 Å². The summed E-state index contributed by atoms with van der Waals surface area (Å²) in [5.74, 6) is 6.38. The number of hydrogen-bond donors (Lipinski definition) is 1. The molecule has 25 heavy (non-hydrogen) atoms. The second kappa shape index (κ2) is 5.47. The zero-order chi connectivity index (χ0) is 16.8. The van der Waals surface area contributed by atoms with E-state index in [-0.39, 0.29) is 0 Å². The third-order valence-electron chi connectivity index (χ3n) is 4.57. The highest BCUT2D eigenvalue weighted by molar-refractivity contribution is 7.26. The maximum atomic E-state index is 6.68. The van der Waals surface area contributed by atoms with Crippen LogP contribution in [0.25, 0.3) is 36.5 Å². The first-order valence-electron chi connectivity index (χ1n) is 8.17. The van der Waals surface area contributed by atoms with Gasteiger partial charge in [-0.15, -0.1) is 11.3 Å². The van der Waals surface area contributed by atoms with E-state index in [1.807, 2.05) is 12.4 Å². The molecule has 2 heterocycles. The highest BCUT2D eigenvalue weighted by atomic mass is 32.1. The number of nitrogen functional groups attached to an aromatic ring is 1. The average molecular weight is 338 g/mol. The number of fused-ring (bicyclic) bond motifs is 5. The van der Waals surface area contributed by atoms with Crippen molar-refractivity contribution in [3.05, 3.63) is 60.3 Å². The number of allylic oxidation sites excluding steroid dienone is 1. The number of aliphatic imine (C=N–C) groups is 1. The average Bonchev–Trinajstić information content (AvgIpc) is 2.84. The molecule has 2 N–H and O–H groups in total. The van der Waals surface area contributed by atoms with Crippen molar-refractivity contribution in [3.63, 3.8) is 0 Å². The summed E-state index contributed by atoms with van der Waals surface area (Å²) in [7, 11) is 0. The summed E-state index contributed by atoms with van der Waals surface area (Å²) < 4.78 is 2.39. The van der Waals surface area contributed by atoms with Crippen LogP contribution in [-0.4, -0.2) is 6.21 Å². The number of nitrogens with two attached hydrogens (primary N) is 1. The normalized spacial score (nSPS) is 13.7. The molecule has 0 bridgehead atoms. The fourth-order valence-electron chi connectivity index (χ4n) is 3.50. The van der Waals surface area contributed by atoms with Gasteiger partial charge in [0, 0.05) is 39.9 Å². The van der Waals surface area contributed by atoms with E-state index >= 15 is 0 Å². The van der Waals surface area contributed by atoms with E-state index in [1.165, 1.54) is 20.9 Å². The third-order valence-corrected chi connectivity index (χ3v) is 5.77. The zero-order valence-corrected chi connectivity index (χ0v) is 14.2. The van der Waals surface area contributed by atoms with Crippen LogP contribution in [0.3, 0.4) is 0 Å². The van der Waals surface area contributed by atoms with E-state index in [4.69, 9.17) is 5.73 Å². The van der Waals surface area contributed by atoms with E-state index in [2.05, 4.69) is 65.4 Å². The van der Waals surface area contributed by atoms with Gasteiger partial charge in [-0.3, -0.25) is 4.99 Å². The van der Waals surface area contributed by atoms with Gasteiger partial charge >= 0.3 is 0 Å². The van der Waals surface area contributed by atoms with Crippen molar-refractivity contribution in [2.45, 2.75) is 6.42 Å². The van der Waals surface area contributed by atoms with Crippen molar-refractivity contribution in [2.75, 3.05) is 5.73 Å². The Bertz CT molecular complexity index is 1280. The molecule has 1 aromatic heterocycles. The molecular weight excluding hydrogens is 324 g/mol. The van der Waals surface area contributed by atoms with Crippen molar-refractivity contribution in [3.8, 4) is 11.8 Å². The molecule has 0 saturated carbocycles. The summed E-state index contributed by atoms with van der Waals surface area (Å²) in [6.07, 6.45) is 4.33. The number of anilines is 1. The van der Waals surface area contributed by atoms with Gasteiger partial charge in [-0.2, -0.15) is 0 Å². The van der Waals surface area contributed by atoms with Gasteiger partial charge in [0.05, 0.1) is 16.0 Å². The van der Waals surface area contributed by atoms with Gasteiger partial charge in [0.2, 0.25) is 0 Å². The lowest BCUT2D eigenvalue weighted by Gasteiger charge is -2.12. The van der Waals surface area contributed by atoms with Crippen LogP contribution in [0.2, 0.25) is 0 Å². The molecule has 118 valence electrons. The van der Waals surface area contributed by atoms with Crippen molar-refractivity contribution >= 4 is 59.8 Å². The molecule has 1 aliphatic rings. The molecule has 0 amide bonds. The molecule has 0 atom stereocenters. The van der Waals surface area contributed by atoms with Crippen LogP contribution >= 0.6 is 11.3 Å². The maximum Gasteiger partial charge on any atom is 0.0598 e. The Morgan fingerprint density at radius 3 is 2.60 bits per heavy atom. The summed E-state index contributed by atoms with van der Waals surface area (Å²) >= 11 is 1.75. The van der Waals surface area contributed by atoms with Crippen LogP contribution in [0.5, 0.6) is 0 Å². The summed E-state index contributed by atoms with van der Waals surface area (Å²) in [6.45, 7) is 0. The van der Waals surface area contributed by atoms with Crippen LogP contribution < -0.4 is 5.73 Å². The Kier molecular flexibility index (Phi) is 3.12. The predicted octanol–water partition coefficient (Wildman–Crippen LogP) is 5.61. The highest BCUT2D eigenvalue weighted by Gasteiger charge is 2.18. The maximum absolute atomic E-state index is 6.68. The van der Waals surface area contributed by atoms with E-state index in [9.17, 15) is 0 Å². The van der Waals surface area contributed by atoms with E-state index in [1.54, 1.807) is 11.3 Å². The molecule has 0 aliphatic carbocycles. The largest absolute Gasteiger partial charge is 0.397 e. The van der Waals surface area contributed by atoms with Crippen LogP contribution in [0.4, 0.5) is 5.69 Å². The van der Waals surface area contributed by atoms with Crippen molar-refractivity contribution in [2.24, 2.45) is 4.99 Å². The molecule has 2 nitrogen and oxygen atoms in total. The van der Waals surface area contributed by atoms with Crippen LogP contribution in [-0.2, 0) is 0 Å². The standard InChI is InChI=1S/C22H14N2S/c23-21-19(14-7-5-6-12-24-13-14)15-8-1-2-9-16(15)20-17-10-3-4-11-18(17)25-22(20)21/h1-4,8-13H,6,23H2.